The number of benzene rings is 2. The van der Waals surface area contributed by atoms with Crippen LogP contribution in [0.25, 0.3) is 11.1 Å². The molecule has 0 aliphatic carbocycles. The van der Waals surface area contributed by atoms with Crippen molar-refractivity contribution < 1.29 is 0 Å². The van der Waals surface area contributed by atoms with Crippen molar-refractivity contribution in [1.82, 2.24) is 0 Å². The first-order valence-corrected chi connectivity index (χ1v) is 5.45. The summed E-state index contributed by atoms with van der Waals surface area (Å²) in [5.41, 5.74) is 8.88. The maximum atomic E-state index is 5.63. The predicted octanol–water partition coefficient (Wildman–Crippen LogP) is 3.54. The minimum Gasteiger partial charge on any atom is -0.399 e. The highest BCUT2D eigenvalue weighted by Crippen LogP contribution is 2.21. The van der Waals surface area contributed by atoms with Gasteiger partial charge in [0.1, 0.15) is 0 Å². The van der Waals surface area contributed by atoms with Crippen molar-refractivity contribution in [3.8, 4) is 11.1 Å². The zero-order chi connectivity index (χ0) is 9.97. The van der Waals surface area contributed by atoms with Gasteiger partial charge in [0, 0.05) is 9.26 Å². The second-order valence-corrected chi connectivity index (χ2v) is 4.38. The molecule has 0 heterocycles. The standard InChI is InChI=1S/C12H10IN/c13-11-3-1-2-10(8-11)9-4-6-12(14)7-5-9/h1-8H,14H2. The van der Waals surface area contributed by atoms with Gasteiger partial charge in [-0.2, -0.15) is 0 Å². The highest BCUT2D eigenvalue weighted by atomic mass is 127. The number of halogens is 1. The first kappa shape index (κ1) is 9.52. The van der Waals surface area contributed by atoms with Crippen LogP contribution in [0, 0.1) is 3.57 Å². The second kappa shape index (κ2) is 4.00. The first-order chi connectivity index (χ1) is 6.75. The highest BCUT2D eigenvalue weighted by Gasteiger charge is 1.96. The number of rotatable bonds is 1. The van der Waals surface area contributed by atoms with Gasteiger partial charge >= 0.3 is 0 Å². The van der Waals surface area contributed by atoms with Gasteiger partial charge in [-0.1, -0.05) is 24.3 Å². The molecule has 0 fully saturated rings. The summed E-state index contributed by atoms with van der Waals surface area (Å²) in [6.45, 7) is 0. The molecule has 2 aromatic rings. The van der Waals surface area contributed by atoms with E-state index in [4.69, 9.17) is 5.73 Å². The zero-order valence-corrected chi connectivity index (χ0v) is 9.73. The quantitative estimate of drug-likeness (QED) is 0.632. The largest absolute Gasteiger partial charge is 0.399 e. The Morgan fingerprint density at radius 1 is 0.857 bits per heavy atom. The molecule has 2 N–H and O–H groups in total. The lowest BCUT2D eigenvalue weighted by molar-refractivity contribution is 1.59. The van der Waals surface area contributed by atoms with Crippen molar-refractivity contribution in [2.24, 2.45) is 0 Å². The maximum Gasteiger partial charge on any atom is 0.0314 e. The topological polar surface area (TPSA) is 26.0 Å². The summed E-state index contributed by atoms with van der Waals surface area (Å²) in [7, 11) is 0. The normalized spacial score (nSPS) is 10.1. The van der Waals surface area contributed by atoms with Crippen LogP contribution < -0.4 is 5.73 Å². The SMILES string of the molecule is Nc1ccc(-c2cccc(I)c2)cc1. The van der Waals surface area contributed by atoms with Crippen LogP contribution in [0.15, 0.2) is 48.5 Å². The van der Waals surface area contributed by atoms with Crippen LogP contribution in [-0.4, -0.2) is 0 Å². The Morgan fingerprint density at radius 2 is 1.57 bits per heavy atom. The van der Waals surface area contributed by atoms with Crippen molar-refractivity contribution in [2.75, 3.05) is 5.73 Å². The highest BCUT2D eigenvalue weighted by molar-refractivity contribution is 14.1. The van der Waals surface area contributed by atoms with Gasteiger partial charge in [-0.3, -0.25) is 0 Å². The first-order valence-electron chi connectivity index (χ1n) is 4.37. The summed E-state index contributed by atoms with van der Waals surface area (Å²) in [5.74, 6) is 0. The van der Waals surface area contributed by atoms with E-state index >= 15 is 0 Å². The Hall–Kier alpha value is -1.03. The van der Waals surface area contributed by atoms with E-state index in [1.54, 1.807) is 0 Å². The molecule has 70 valence electrons. The van der Waals surface area contributed by atoms with Crippen molar-refractivity contribution in [2.45, 2.75) is 0 Å². The molecule has 0 atom stereocenters. The molecule has 0 radical (unpaired) electrons. The van der Waals surface area contributed by atoms with Crippen LogP contribution in [0.4, 0.5) is 5.69 Å². The average molecular weight is 295 g/mol. The fraction of sp³-hybridized carbons (Fsp3) is 0. The van der Waals surface area contributed by atoms with Crippen molar-refractivity contribution in [3.63, 3.8) is 0 Å². The van der Waals surface area contributed by atoms with E-state index in [1.165, 1.54) is 14.7 Å². The lowest BCUT2D eigenvalue weighted by atomic mass is 10.1. The van der Waals surface area contributed by atoms with Crippen molar-refractivity contribution >= 4 is 28.3 Å². The number of hydrogen-bond donors (Lipinski definition) is 1. The Bertz CT molecular complexity index is 434. The average Bonchev–Trinajstić information content (AvgIpc) is 2.19. The van der Waals surface area contributed by atoms with Crippen LogP contribution in [0.3, 0.4) is 0 Å². The minimum atomic E-state index is 0.805. The molecule has 0 unspecified atom stereocenters. The van der Waals surface area contributed by atoms with Gasteiger partial charge in [0.2, 0.25) is 0 Å². The monoisotopic (exact) mass is 295 g/mol. The molecule has 0 amide bonds. The zero-order valence-electron chi connectivity index (χ0n) is 7.57. The summed E-state index contributed by atoms with van der Waals surface area (Å²) in [4.78, 5) is 0. The molecular formula is C12H10IN. The van der Waals surface area contributed by atoms with Gasteiger partial charge in [0.25, 0.3) is 0 Å². The smallest absolute Gasteiger partial charge is 0.0314 e. The molecular weight excluding hydrogens is 285 g/mol. The molecule has 1 nitrogen and oxygen atoms in total. The second-order valence-electron chi connectivity index (χ2n) is 3.13. The Balaban J connectivity index is 2.44. The van der Waals surface area contributed by atoms with Gasteiger partial charge in [-0.25, -0.2) is 0 Å². The number of nitrogen functional groups attached to an aromatic ring is 1. The summed E-state index contributed by atoms with van der Waals surface area (Å²) in [5, 5.41) is 0. The van der Waals surface area contributed by atoms with Gasteiger partial charge in [0.15, 0.2) is 0 Å². The summed E-state index contributed by atoms with van der Waals surface area (Å²) in [6.07, 6.45) is 0. The molecule has 0 spiro atoms. The molecule has 0 saturated heterocycles. The summed E-state index contributed by atoms with van der Waals surface area (Å²) in [6, 6.07) is 16.3. The van der Waals surface area contributed by atoms with Crippen LogP contribution in [0.2, 0.25) is 0 Å². The van der Waals surface area contributed by atoms with Gasteiger partial charge in [-0.05, 0) is 58.0 Å². The summed E-state index contributed by atoms with van der Waals surface area (Å²) >= 11 is 2.31. The molecule has 2 rings (SSSR count). The third kappa shape index (κ3) is 2.07. The van der Waals surface area contributed by atoms with E-state index in [0.29, 0.717) is 0 Å². The van der Waals surface area contributed by atoms with E-state index in [-0.39, 0.29) is 0 Å². The molecule has 0 aromatic heterocycles. The predicted molar refractivity (Wildman–Crippen MR) is 69.0 cm³/mol. The van der Waals surface area contributed by atoms with Crippen molar-refractivity contribution in [3.05, 3.63) is 52.1 Å². The Kier molecular flexibility index (Phi) is 2.72. The minimum absolute atomic E-state index is 0.805. The number of hydrogen-bond acceptors (Lipinski definition) is 1. The fourth-order valence-corrected chi connectivity index (χ4v) is 1.89. The van der Waals surface area contributed by atoms with Crippen molar-refractivity contribution in [1.29, 1.82) is 0 Å². The summed E-state index contributed by atoms with van der Waals surface area (Å²) < 4.78 is 1.25. The third-order valence-corrected chi connectivity index (χ3v) is 2.74. The van der Waals surface area contributed by atoms with Crippen LogP contribution >= 0.6 is 22.6 Å². The van der Waals surface area contributed by atoms with E-state index < -0.39 is 0 Å². The van der Waals surface area contributed by atoms with Gasteiger partial charge in [0.05, 0.1) is 0 Å². The molecule has 2 heteroatoms. The maximum absolute atomic E-state index is 5.63. The van der Waals surface area contributed by atoms with E-state index in [0.717, 1.165) is 5.69 Å². The van der Waals surface area contributed by atoms with Gasteiger partial charge in [-0.15, -0.1) is 0 Å². The van der Waals surface area contributed by atoms with E-state index in [1.807, 2.05) is 24.3 Å². The molecule has 14 heavy (non-hydrogen) atoms. The number of nitrogens with two attached hydrogens (primary N) is 1. The molecule has 0 aliphatic rings. The Morgan fingerprint density at radius 3 is 2.21 bits per heavy atom. The Labute approximate surface area is 97.1 Å². The fourth-order valence-electron chi connectivity index (χ4n) is 1.34. The molecule has 0 aliphatic heterocycles. The lowest BCUT2D eigenvalue weighted by Crippen LogP contribution is -1.84. The van der Waals surface area contributed by atoms with Gasteiger partial charge < -0.3 is 5.73 Å². The third-order valence-electron chi connectivity index (χ3n) is 2.07. The van der Waals surface area contributed by atoms with Crippen LogP contribution in [0.5, 0.6) is 0 Å². The van der Waals surface area contributed by atoms with E-state index in [2.05, 4.69) is 46.9 Å². The van der Waals surface area contributed by atoms with E-state index in [9.17, 15) is 0 Å². The molecule has 0 saturated carbocycles. The number of anilines is 1. The van der Waals surface area contributed by atoms with Crippen LogP contribution in [0.1, 0.15) is 0 Å². The molecule has 2 aromatic carbocycles. The molecule has 0 bridgehead atoms. The lowest BCUT2D eigenvalue weighted by Gasteiger charge is -2.02. The van der Waals surface area contributed by atoms with Crippen LogP contribution in [-0.2, 0) is 0 Å².